The van der Waals surface area contributed by atoms with E-state index in [1.807, 2.05) is 18.2 Å². The van der Waals surface area contributed by atoms with Crippen LogP contribution in [0.15, 0.2) is 42.5 Å². The Morgan fingerprint density at radius 3 is 2.70 bits per heavy atom. The van der Waals surface area contributed by atoms with Gasteiger partial charge in [-0.1, -0.05) is 18.2 Å². The first-order valence-corrected chi connectivity index (χ1v) is 8.10. The summed E-state index contributed by atoms with van der Waals surface area (Å²) in [6.45, 7) is 2.32. The molecule has 1 aromatic heterocycles. The Balaban J connectivity index is 1.77. The minimum absolute atomic E-state index is 0.296. The van der Waals surface area contributed by atoms with Gasteiger partial charge >= 0.3 is 5.97 Å². The number of benzene rings is 1. The summed E-state index contributed by atoms with van der Waals surface area (Å²) < 4.78 is 0. The van der Waals surface area contributed by atoms with Crippen molar-refractivity contribution in [2.45, 2.75) is 19.3 Å². The summed E-state index contributed by atoms with van der Waals surface area (Å²) in [5.41, 5.74) is 3.09. The Bertz CT molecular complexity index is 691. The molecule has 0 unspecified atom stereocenters. The maximum absolute atomic E-state index is 11.1. The first-order chi connectivity index (χ1) is 11.1. The lowest BCUT2D eigenvalue weighted by Gasteiger charge is -2.28. The minimum atomic E-state index is -0.908. The Kier molecular flexibility index (Phi) is 4.72. The van der Waals surface area contributed by atoms with Crippen LogP contribution >= 0.6 is 0 Å². The lowest BCUT2D eigenvalue weighted by Crippen LogP contribution is -2.31. The van der Waals surface area contributed by atoms with Crippen LogP contribution in [0.3, 0.4) is 0 Å². The van der Waals surface area contributed by atoms with Gasteiger partial charge in [-0.25, -0.2) is 4.79 Å². The van der Waals surface area contributed by atoms with Crippen LogP contribution in [0.5, 0.6) is 0 Å². The summed E-state index contributed by atoms with van der Waals surface area (Å²) in [4.78, 5) is 18.2. The first-order valence-electron chi connectivity index (χ1n) is 8.10. The second kappa shape index (κ2) is 6.92. The zero-order valence-electron chi connectivity index (χ0n) is 13.4. The molecule has 1 fully saturated rings. The average molecular weight is 310 g/mol. The molecule has 2 heterocycles. The summed E-state index contributed by atoms with van der Waals surface area (Å²) in [5, 5.41) is 9.12. The van der Waals surface area contributed by atoms with E-state index >= 15 is 0 Å². The van der Waals surface area contributed by atoms with Gasteiger partial charge in [-0.05, 0) is 69.6 Å². The van der Waals surface area contributed by atoms with Crippen LogP contribution < -0.4 is 0 Å². The molecule has 1 aliphatic heterocycles. The van der Waals surface area contributed by atoms with Crippen molar-refractivity contribution in [1.29, 1.82) is 0 Å². The second-order valence-electron chi connectivity index (χ2n) is 6.35. The fourth-order valence-corrected chi connectivity index (χ4v) is 3.13. The van der Waals surface area contributed by atoms with Gasteiger partial charge in [-0.3, -0.25) is 4.98 Å². The standard InChI is InChI=1S/C19H22N2O2/c1-21-10-8-14(9-11-21)12-17-6-3-7-18(20-17)15-4-2-5-16(13-15)19(22)23/h2-7,13-14H,8-12H2,1H3,(H,22,23). The predicted molar refractivity (Wildman–Crippen MR) is 90.6 cm³/mol. The van der Waals surface area contributed by atoms with Crippen LogP contribution in [-0.2, 0) is 6.42 Å². The number of rotatable bonds is 4. The van der Waals surface area contributed by atoms with Crippen LogP contribution in [0, 0.1) is 5.92 Å². The fraction of sp³-hybridized carbons (Fsp3) is 0.368. The third-order valence-corrected chi connectivity index (χ3v) is 4.55. The molecule has 1 aliphatic rings. The maximum atomic E-state index is 11.1. The number of hydrogen-bond donors (Lipinski definition) is 1. The van der Waals surface area contributed by atoms with E-state index in [4.69, 9.17) is 10.1 Å². The van der Waals surface area contributed by atoms with Gasteiger partial charge in [0.2, 0.25) is 0 Å². The minimum Gasteiger partial charge on any atom is -0.478 e. The molecule has 0 aliphatic carbocycles. The molecule has 2 aromatic rings. The molecule has 0 amide bonds. The highest BCUT2D eigenvalue weighted by molar-refractivity contribution is 5.89. The lowest BCUT2D eigenvalue weighted by atomic mass is 9.92. The van der Waals surface area contributed by atoms with E-state index in [0.717, 1.165) is 36.5 Å². The average Bonchev–Trinajstić information content (AvgIpc) is 2.57. The van der Waals surface area contributed by atoms with E-state index < -0.39 is 5.97 Å². The van der Waals surface area contributed by atoms with Gasteiger partial charge in [0.05, 0.1) is 11.3 Å². The van der Waals surface area contributed by atoms with Gasteiger partial charge in [0.1, 0.15) is 0 Å². The molecule has 0 radical (unpaired) electrons. The summed E-state index contributed by atoms with van der Waals surface area (Å²) in [6, 6.07) is 13.0. The third kappa shape index (κ3) is 3.96. The highest BCUT2D eigenvalue weighted by atomic mass is 16.4. The molecular weight excluding hydrogens is 288 g/mol. The maximum Gasteiger partial charge on any atom is 0.335 e. The number of pyridine rings is 1. The van der Waals surface area contributed by atoms with Crippen molar-refractivity contribution >= 4 is 5.97 Å². The first kappa shape index (κ1) is 15.7. The second-order valence-corrected chi connectivity index (χ2v) is 6.35. The number of aromatic nitrogens is 1. The molecule has 0 spiro atoms. The Morgan fingerprint density at radius 1 is 1.22 bits per heavy atom. The molecule has 1 saturated heterocycles. The number of likely N-dealkylation sites (tertiary alicyclic amines) is 1. The number of carboxylic acids is 1. The molecular formula is C19H22N2O2. The van der Waals surface area contributed by atoms with Gasteiger partial charge in [0.15, 0.2) is 0 Å². The van der Waals surface area contributed by atoms with Gasteiger partial charge in [-0.15, -0.1) is 0 Å². The molecule has 3 rings (SSSR count). The number of aromatic carboxylic acids is 1. The van der Waals surface area contributed by atoms with Crippen molar-refractivity contribution in [3.63, 3.8) is 0 Å². The number of carboxylic acid groups (broad SMARTS) is 1. The van der Waals surface area contributed by atoms with Crippen molar-refractivity contribution in [2.24, 2.45) is 5.92 Å². The Morgan fingerprint density at radius 2 is 1.96 bits per heavy atom. The van der Waals surface area contributed by atoms with Crippen LogP contribution in [0.2, 0.25) is 0 Å². The SMILES string of the molecule is CN1CCC(Cc2cccc(-c3cccc(C(=O)O)c3)n2)CC1. The van der Waals surface area contributed by atoms with Crippen LogP contribution in [-0.4, -0.2) is 41.1 Å². The summed E-state index contributed by atoms with van der Waals surface area (Å²) in [7, 11) is 2.17. The van der Waals surface area contributed by atoms with Crippen LogP contribution in [0.4, 0.5) is 0 Å². The quantitative estimate of drug-likeness (QED) is 0.941. The van der Waals surface area contributed by atoms with E-state index in [0.29, 0.717) is 11.5 Å². The predicted octanol–water partition coefficient (Wildman–Crippen LogP) is 3.33. The monoisotopic (exact) mass is 310 g/mol. The zero-order chi connectivity index (χ0) is 16.2. The molecule has 4 heteroatoms. The molecule has 0 saturated carbocycles. The van der Waals surface area contributed by atoms with E-state index in [2.05, 4.69) is 18.0 Å². The molecule has 0 atom stereocenters. The van der Waals surface area contributed by atoms with E-state index in [-0.39, 0.29) is 0 Å². The molecule has 120 valence electrons. The Hall–Kier alpha value is -2.20. The largest absolute Gasteiger partial charge is 0.478 e. The highest BCUT2D eigenvalue weighted by Gasteiger charge is 2.17. The third-order valence-electron chi connectivity index (χ3n) is 4.55. The van der Waals surface area contributed by atoms with Crippen LogP contribution in [0.1, 0.15) is 28.9 Å². The van der Waals surface area contributed by atoms with E-state index in [9.17, 15) is 4.79 Å². The van der Waals surface area contributed by atoms with Crippen molar-refractivity contribution in [1.82, 2.24) is 9.88 Å². The normalized spacial score (nSPS) is 16.4. The Labute approximate surface area is 136 Å². The fourth-order valence-electron chi connectivity index (χ4n) is 3.13. The van der Waals surface area contributed by atoms with Crippen LogP contribution in [0.25, 0.3) is 11.3 Å². The number of carbonyl (C=O) groups is 1. The smallest absolute Gasteiger partial charge is 0.335 e. The van der Waals surface area contributed by atoms with E-state index in [1.165, 1.54) is 12.8 Å². The van der Waals surface area contributed by atoms with Gasteiger partial charge in [0.25, 0.3) is 0 Å². The number of piperidine rings is 1. The van der Waals surface area contributed by atoms with E-state index in [1.54, 1.807) is 18.2 Å². The van der Waals surface area contributed by atoms with Crippen molar-refractivity contribution < 1.29 is 9.90 Å². The highest BCUT2D eigenvalue weighted by Crippen LogP contribution is 2.23. The van der Waals surface area contributed by atoms with Gasteiger partial charge in [0, 0.05) is 11.3 Å². The van der Waals surface area contributed by atoms with Crippen molar-refractivity contribution in [3.05, 3.63) is 53.7 Å². The molecule has 23 heavy (non-hydrogen) atoms. The van der Waals surface area contributed by atoms with Gasteiger partial charge in [-0.2, -0.15) is 0 Å². The number of nitrogens with zero attached hydrogens (tertiary/aromatic N) is 2. The summed E-state index contributed by atoms with van der Waals surface area (Å²) in [6.07, 6.45) is 3.44. The number of hydrogen-bond acceptors (Lipinski definition) is 3. The van der Waals surface area contributed by atoms with Gasteiger partial charge < -0.3 is 10.0 Å². The summed E-state index contributed by atoms with van der Waals surface area (Å²) >= 11 is 0. The van der Waals surface area contributed by atoms with Crippen molar-refractivity contribution in [2.75, 3.05) is 20.1 Å². The zero-order valence-corrected chi connectivity index (χ0v) is 13.4. The van der Waals surface area contributed by atoms with Crippen molar-refractivity contribution in [3.8, 4) is 11.3 Å². The molecule has 0 bridgehead atoms. The summed E-state index contributed by atoms with van der Waals surface area (Å²) in [5.74, 6) is -0.214. The molecule has 1 aromatic carbocycles. The topological polar surface area (TPSA) is 53.4 Å². The molecule has 1 N–H and O–H groups in total. The lowest BCUT2D eigenvalue weighted by molar-refractivity contribution is 0.0697. The molecule has 4 nitrogen and oxygen atoms in total.